The fourth-order valence-electron chi connectivity index (χ4n) is 3.85. The van der Waals surface area contributed by atoms with Gasteiger partial charge in [0.2, 0.25) is 0 Å². The first-order valence-corrected chi connectivity index (χ1v) is 11.9. The number of halogens is 3. The van der Waals surface area contributed by atoms with Crippen LogP contribution in [0.25, 0.3) is 0 Å². The smallest absolute Gasteiger partial charge is 0.489 e. The average Bonchev–Trinajstić information content (AvgIpc) is 3.31. The van der Waals surface area contributed by atoms with Crippen LogP contribution in [-0.2, 0) is 30.0 Å². The molecule has 0 aliphatic heterocycles. The molecule has 0 radical (unpaired) electrons. The molecule has 184 valence electrons. The summed E-state index contributed by atoms with van der Waals surface area (Å²) in [7, 11) is 0. The first kappa shape index (κ1) is 24.8. The number of rotatable bonds is 10. The van der Waals surface area contributed by atoms with Crippen molar-refractivity contribution in [3.05, 3.63) is 82.9 Å². The van der Waals surface area contributed by atoms with E-state index >= 15 is 0 Å². The van der Waals surface area contributed by atoms with Crippen LogP contribution in [0.5, 0.6) is 17.2 Å². The zero-order valence-corrected chi connectivity index (χ0v) is 19.5. The Labute approximate surface area is 204 Å². The third-order valence-electron chi connectivity index (χ3n) is 5.43. The van der Waals surface area contributed by atoms with Gasteiger partial charge in [-0.05, 0) is 77.9 Å². The van der Waals surface area contributed by atoms with Crippen LogP contribution in [0.15, 0.2) is 65.6 Å². The number of hydrogen-bond acceptors (Lipinski definition) is 5. The number of aliphatic carboxylic acids is 1. The van der Waals surface area contributed by atoms with Crippen molar-refractivity contribution < 1.29 is 37.3 Å². The fourth-order valence-corrected chi connectivity index (χ4v) is 4.93. The summed E-state index contributed by atoms with van der Waals surface area (Å²) < 4.78 is 51.8. The number of hydrogen-bond donors (Lipinski definition) is 1. The highest BCUT2D eigenvalue weighted by Gasteiger charge is 2.31. The van der Waals surface area contributed by atoms with E-state index in [1.54, 1.807) is 11.8 Å². The van der Waals surface area contributed by atoms with Crippen molar-refractivity contribution in [2.45, 2.75) is 42.9 Å². The Kier molecular flexibility index (Phi) is 7.75. The molecule has 0 heterocycles. The number of thioether (sulfide) groups is 1. The van der Waals surface area contributed by atoms with Crippen LogP contribution >= 0.6 is 11.8 Å². The highest BCUT2D eigenvalue weighted by atomic mass is 32.2. The van der Waals surface area contributed by atoms with Crippen LogP contribution in [-0.4, -0.2) is 24.0 Å². The first-order chi connectivity index (χ1) is 16.8. The number of fused-ring (bicyclic) bond motifs is 1. The molecular weight excluding hydrogens is 481 g/mol. The van der Waals surface area contributed by atoms with Crippen LogP contribution in [0, 0.1) is 0 Å². The fraction of sp³-hybridized carbons (Fsp3) is 0.269. The third kappa shape index (κ3) is 7.08. The van der Waals surface area contributed by atoms with Crippen molar-refractivity contribution in [1.29, 1.82) is 0 Å². The molecule has 0 fully saturated rings. The molecule has 1 aliphatic carbocycles. The second kappa shape index (κ2) is 10.9. The Hall–Kier alpha value is -3.33. The molecule has 9 heteroatoms. The van der Waals surface area contributed by atoms with Crippen molar-refractivity contribution in [3.63, 3.8) is 0 Å². The molecule has 35 heavy (non-hydrogen) atoms. The van der Waals surface area contributed by atoms with E-state index in [0.29, 0.717) is 11.5 Å². The van der Waals surface area contributed by atoms with Gasteiger partial charge in [-0.3, -0.25) is 0 Å². The molecule has 3 aromatic carbocycles. The van der Waals surface area contributed by atoms with Crippen molar-refractivity contribution in [2.75, 3.05) is 6.61 Å². The summed E-state index contributed by atoms with van der Waals surface area (Å²) in [6.07, 6.45) is -1.83. The summed E-state index contributed by atoms with van der Waals surface area (Å²) in [5, 5.41) is 8.87. The monoisotopic (exact) mass is 504 g/mol. The second-order valence-electron chi connectivity index (χ2n) is 7.97. The normalized spacial score (nSPS) is 12.8. The minimum absolute atomic E-state index is 0.225. The standard InChI is InChI=1S/C26H23F3O5S/c27-26(28,29)34-20-10-4-17(5-11-20)14-32-19-8-6-18(7-9-19)16-35-24-13-12-23(33-15-25(30)31)21-2-1-3-22(21)24/h4-13H,1-3,14-16H2,(H,30,31). The molecule has 0 bridgehead atoms. The van der Waals surface area contributed by atoms with Crippen molar-refractivity contribution in [3.8, 4) is 17.2 Å². The van der Waals surface area contributed by atoms with Gasteiger partial charge < -0.3 is 19.3 Å². The highest BCUT2D eigenvalue weighted by Crippen LogP contribution is 2.38. The van der Waals surface area contributed by atoms with Crippen LogP contribution in [0.2, 0.25) is 0 Å². The minimum Gasteiger partial charge on any atom is -0.489 e. The molecule has 0 unspecified atom stereocenters. The maximum atomic E-state index is 12.3. The van der Waals surface area contributed by atoms with Gasteiger partial charge in [-0.15, -0.1) is 24.9 Å². The minimum atomic E-state index is -4.71. The Balaban J connectivity index is 1.30. The van der Waals surface area contributed by atoms with E-state index in [2.05, 4.69) is 4.74 Å². The Bertz CT molecular complexity index is 1160. The summed E-state index contributed by atoms with van der Waals surface area (Å²) in [6, 6.07) is 17.1. The zero-order chi connectivity index (χ0) is 24.8. The molecule has 3 aromatic rings. The van der Waals surface area contributed by atoms with Gasteiger partial charge >= 0.3 is 12.3 Å². The largest absolute Gasteiger partial charge is 0.573 e. The number of carboxylic acid groups (broad SMARTS) is 1. The summed E-state index contributed by atoms with van der Waals surface area (Å²) >= 11 is 1.73. The summed E-state index contributed by atoms with van der Waals surface area (Å²) in [5.74, 6) is 0.832. The molecule has 1 aliphatic rings. The molecule has 0 spiro atoms. The lowest BCUT2D eigenvalue weighted by Gasteiger charge is -2.13. The molecule has 0 saturated carbocycles. The lowest BCUT2D eigenvalue weighted by atomic mass is 10.1. The van der Waals surface area contributed by atoms with Gasteiger partial charge in [0.1, 0.15) is 23.9 Å². The number of carboxylic acids is 1. The molecule has 1 N–H and O–H groups in total. The number of ether oxygens (including phenoxy) is 3. The van der Waals surface area contributed by atoms with E-state index < -0.39 is 12.3 Å². The van der Waals surface area contributed by atoms with Gasteiger partial charge in [0.15, 0.2) is 6.61 Å². The van der Waals surface area contributed by atoms with E-state index in [1.807, 2.05) is 36.4 Å². The van der Waals surface area contributed by atoms with Crippen LogP contribution < -0.4 is 14.2 Å². The predicted molar refractivity (Wildman–Crippen MR) is 125 cm³/mol. The van der Waals surface area contributed by atoms with Gasteiger partial charge in [0, 0.05) is 10.6 Å². The molecule has 0 amide bonds. The van der Waals surface area contributed by atoms with E-state index in [0.717, 1.165) is 41.7 Å². The Morgan fingerprint density at radius 1 is 0.857 bits per heavy atom. The second-order valence-corrected chi connectivity index (χ2v) is 8.99. The van der Waals surface area contributed by atoms with E-state index in [1.165, 1.54) is 34.7 Å². The van der Waals surface area contributed by atoms with Crippen LogP contribution in [0.1, 0.15) is 28.7 Å². The maximum Gasteiger partial charge on any atom is 0.573 e. The molecule has 5 nitrogen and oxygen atoms in total. The van der Waals surface area contributed by atoms with Gasteiger partial charge in [-0.2, -0.15) is 0 Å². The van der Waals surface area contributed by atoms with Gasteiger partial charge in [-0.1, -0.05) is 24.3 Å². The highest BCUT2D eigenvalue weighted by molar-refractivity contribution is 7.98. The van der Waals surface area contributed by atoms with E-state index in [-0.39, 0.29) is 19.0 Å². The van der Waals surface area contributed by atoms with Crippen LogP contribution in [0.4, 0.5) is 13.2 Å². The van der Waals surface area contributed by atoms with Crippen molar-refractivity contribution in [1.82, 2.24) is 0 Å². The summed E-state index contributed by atoms with van der Waals surface area (Å²) in [4.78, 5) is 12.0. The molecular formula is C26H23F3O5S. The third-order valence-corrected chi connectivity index (χ3v) is 6.60. The Morgan fingerprint density at radius 3 is 2.20 bits per heavy atom. The molecule has 0 atom stereocenters. The SMILES string of the molecule is O=C(O)COc1ccc(SCc2ccc(OCc3ccc(OC(F)(F)F)cc3)cc2)c2c1CCC2. The molecule has 0 saturated heterocycles. The maximum absolute atomic E-state index is 12.3. The lowest BCUT2D eigenvalue weighted by Crippen LogP contribution is -2.17. The number of carbonyl (C=O) groups is 1. The first-order valence-electron chi connectivity index (χ1n) is 11.0. The Morgan fingerprint density at radius 2 is 1.51 bits per heavy atom. The topological polar surface area (TPSA) is 65.0 Å². The molecule has 4 rings (SSSR count). The van der Waals surface area contributed by atoms with Gasteiger partial charge in [0.25, 0.3) is 0 Å². The summed E-state index contributed by atoms with van der Waals surface area (Å²) in [5.41, 5.74) is 4.19. The predicted octanol–water partition coefficient (Wildman–Crippen LogP) is 6.41. The van der Waals surface area contributed by atoms with Gasteiger partial charge in [-0.25, -0.2) is 4.79 Å². The average molecular weight is 505 g/mol. The number of alkyl halides is 3. The van der Waals surface area contributed by atoms with E-state index in [4.69, 9.17) is 14.6 Å². The van der Waals surface area contributed by atoms with Crippen LogP contribution in [0.3, 0.4) is 0 Å². The quantitative estimate of drug-likeness (QED) is 0.322. The van der Waals surface area contributed by atoms with Gasteiger partial charge in [0.05, 0.1) is 0 Å². The van der Waals surface area contributed by atoms with E-state index in [9.17, 15) is 18.0 Å². The lowest BCUT2D eigenvalue weighted by molar-refractivity contribution is -0.274. The molecule has 0 aromatic heterocycles. The zero-order valence-electron chi connectivity index (χ0n) is 18.6. The van der Waals surface area contributed by atoms with Crippen molar-refractivity contribution in [2.24, 2.45) is 0 Å². The number of benzene rings is 3. The van der Waals surface area contributed by atoms with Crippen molar-refractivity contribution >= 4 is 17.7 Å². The summed E-state index contributed by atoms with van der Waals surface area (Å²) in [6.45, 7) is -0.117.